The Morgan fingerprint density at radius 1 is 1.22 bits per heavy atom. The van der Waals surface area contributed by atoms with Crippen molar-refractivity contribution in [2.45, 2.75) is 51.9 Å². The lowest BCUT2D eigenvalue weighted by atomic mass is 10.0. The van der Waals surface area contributed by atoms with Crippen LogP contribution in [0.3, 0.4) is 0 Å². The molecule has 1 aliphatic heterocycles. The highest BCUT2D eigenvalue weighted by molar-refractivity contribution is 7.18. The summed E-state index contributed by atoms with van der Waals surface area (Å²) in [6.45, 7) is 6.57. The van der Waals surface area contributed by atoms with Gasteiger partial charge in [0.15, 0.2) is 5.82 Å². The molecule has 0 atom stereocenters. The minimum atomic E-state index is -4.26. The van der Waals surface area contributed by atoms with E-state index in [4.69, 9.17) is 0 Å². The zero-order valence-electron chi connectivity index (χ0n) is 20.6. The van der Waals surface area contributed by atoms with Crippen LogP contribution in [0.5, 0.6) is 0 Å². The van der Waals surface area contributed by atoms with Crippen molar-refractivity contribution in [2.75, 3.05) is 18.4 Å². The molecule has 1 saturated heterocycles. The Kier molecular flexibility index (Phi) is 6.92. The van der Waals surface area contributed by atoms with Gasteiger partial charge in [-0.3, -0.25) is 4.90 Å². The fraction of sp³-hybridized carbons (Fsp3) is 0.370. The highest BCUT2D eigenvalue weighted by Gasteiger charge is 2.29. The molecule has 37 heavy (non-hydrogen) atoms. The molecule has 0 amide bonds. The van der Waals surface area contributed by atoms with Crippen molar-refractivity contribution in [1.29, 1.82) is 5.26 Å². The van der Waals surface area contributed by atoms with E-state index in [0.29, 0.717) is 27.6 Å². The van der Waals surface area contributed by atoms with E-state index in [1.54, 1.807) is 12.1 Å². The van der Waals surface area contributed by atoms with Gasteiger partial charge < -0.3 is 10.3 Å². The highest BCUT2D eigenvalue weighted by atomic mass is 32.1. The second-order valence-electron chi connectivity index (χ2n) is 9.45. The molecule has 5 rings (SSSR count). The molecule has 1 aromatic carbocycles. The number of hydrogen-bond acceptors (Lipinski definition) is 6. The second kappa shape index (κ2) is 10.1. The van der Waals surface area contributed by atoms with Gasteiger partial charge in [-0.05, 0) is 62.1 Å². The van der Waals surface area contributed by atoms with Crippen LogP contribution in [0.25, 0.3) is 27.2 Å². The number of aryl methyl sites for hydroxylation is 1. The van der Waals surface area contributed by atoms with Gasteiger partial charge in [0.25, 0.3) is 0 Å². The Morgan fingerprint density at radius 3 is 2.70 bits per heavy atom. The SMILES string of the molecule is C/C=C/c1nc(NC2CCN(Cc3ccc4[nH]c(C#N)cc4c3C)CC2)c2cc(CC(F)(F)F)sc2n1. The Balaban J connectivity index is 1.28. The first-order chi connectivity index (χ1) is 17.7. The number of halogens is 3. The lowest BCUT2D eigenvalue weighted by Gasteiger charge is -2.33. The van der Waals surface area contributed by atoms with Crippen molar-refractivity contribution in [3.63, 3.8) is 0 Å². The van der Waals surface area contributed by atoms with Crippen molar-refractivity contribution >= 4 is 44.4 Å². The van der Waals surface area contributed by atoms with Crippen molar-refractivity contribution in [2.24, 2.45) is 0 Å². The molecular weight excluding hydrogens is 497 g/mol. The van der Waals surface area contributed by atoms with Crippen LogP contribution in [0.2, 0.25) is 0 Å². The number of nitriles is 1. The number of rotatable bonds is 6. The van der Waals surface area contributed by atoms with Crippen LogP contribution in [0.1, 0.15) is 47.3 Å². The van der Waals surface area contributed by atoms with E-state index in [2.05, 4.69) is 44.2 Å². The third-order valence-corrected chi connectivity index (χ3v) is 7.81. The van der Waals surface area contributed by atoms with Gasteiger partial charge in [0, 0.05) is 41.5 Å². The molecular formula is C27H27F3N6S. The maximum Gasteiger partial charge on any atom is 0.393 e. The minimum absolute atomic E-state index is 0.171. The third kappa shape index (κ3) is 5.63. The number of fused-ring (bicyclic) bond motifs is 2. The summed E-state index contributed by atoms with van der Waals surface area (Å²) < 4.78 is 38.9. The number of piperidine rings is 1. The largest absolute Gasteiger partial charge is 0.393 e. The van der Waals surface area contributed by atoms with Gasteiger partial charge in [0.05, 0.1) is 11.8 Å². The molecule has 0 unspecified atom stereocenters. The van der Waals surface area contributed by atoms with E-state index in [1.165, 1.54) is 11.1 Å². The van der Waals surface area contributed by atoms with Crippen LogP contribution < -0.4 is 5.32 Å². The van der Waals surface area contributed by atoms with E-state index in [1.807, 2.05) is 25.1 Å². The van der Waals surface area contributed by atoms with Gasteiger partial charge in [-0.2, -0.15) is 18.4 Å². The second-order valence-corrected chi connectivity index (χ2v) is 10.6. The highest BCUT2D eigenvalue weighted by Crippen LogP contribution is 2.34. The summed E-state index contributed by atoms with van der Waals surface area (Å²) in [7, 11) is 0. The number of aromatic nitrogens is 3. The van der Waals surface area contributed by atoms with Gasteiger partial charge in [0.1, 0.15) is 22.4 Å². The summed E-state index contributed by atoms with van der Waals surface area (Å²) in [4.78, 5) is 15.4. The predicted molar refractivity (Wildman–Crippen MR) is 142 cm³/mol. The van der Waals surface area contributed by atoms with Gasteiger partial charge in [0.2, 0.25) is 0 Å². The van der Waals surface area contributed by atoms with Gasteiger partial charge in [-0.1, -0.05) is 12.1 Å². The fourth-order valence-corrected chi connectivity index (χ4v) is 5.97. The average Bonchev–Trinajstić information content (AvgIpc) is 3.45. The van der Waals surface area contributed by atoms with E-state index in [0.717, 1.165) is 54.7 Å². The Morgan fingerprint density at radius 2 is 2.00 bits per heavy atom. The first-order valence-electron chi connectivity index (χ1n) is 12.2. The number of likely N-dealkylation sites (tertiary alicyclic amines) is 1. The number of nitrogens with one attached hydrogen (secondary N) is 2. The minimum Gasteiger partial charge on any atom is -0.367 e. The molecule has 4 heterocycles. The zero-order valence-corrected chi connectivity index (χ0v) is 21.4. The van der Waals surface area contributed by atoms with Crippen molar-refractivity contribution in [3.8, 4) is 6.07 Å². The number of nitrogens with zero attached hydrogens (tertiary/aromatic N) is 4. The summed E-state index contributed by atoms with van der Waals surface area (Å²) in [5.74, 6) is 1.09. The standard InChI is InChI=1S/C27H27F3N6S/c1-3-4-24-34-25(22-12-20(13-27(28,29)30)37-26(22)35-24)33-18-7-9-36(10-8-18)15-17-5-6-23-21(16(17)2)11-19(14-31)32-23/h3-6,11-12,18,32H,7-10,13,15H2,1-2H3,(H,33,34,35)/b4-3+. The number of alkyl halides is 3. The van der Waals surface area contributed by atoms with Crippen LogP contribution >= 0.6 is 11.3 Å². The molecule has 4 aromatic rings. The first-order valence-corrected chi connectivity index (χ1v) is 13.0. The summed E-state index contributed by atoms with van der Waals surface area (Å²) in [6, 6.07) is 9.96. The number of hydrogen-bond donors (Lipinski definition) is 2. The number of thiophene rings is 1. The molecule has 0 radical (unpaired) electrons. The summed E-state index contributed by atoms with van der Waals surface area (Å²) in [5.41, 5.74) is 3.96. The van der Waals surface area contributed by atoms with Crippen molar-refractivity contribution < 1.29 is 13.2 Å². The topological polar surface area (TPSA) is 80.6 Å². The molecule has 10 heteroatoms. The molecule has 1 fully saturated rings. The molecule has 0 bridgehead atoms. The van der Waals surface area contributed by atoms with Crippen molar-refractivity contribution in [1.82, 2.24) is 19.9 Å². The molecule has 0 saturated carbocycles. The van der Waals surface area contributed by atoms with Gasteiger partial charge >= 0.3 is 6.18 Å². The summed E-state index contributed by atoms with van der Waals surface area (Å²) >= 11 is 1.07. The normalized spacial score (nSPS) is 15.7. The van der Waals surface area contributed by atoms with Crippen LogP contribution in [0, 0.1) is 18.3 Å². The fourth-order valence-electron chi connectivity index (χ4n) is 4.90. The van der Waals surface area contributed by atoms with Crippen LogP contribution in [-0.4, -0.2) is 45.2 Å². The van der Waals surface area contributed by atoms with E-state index < -0.39 is 12.6 Å². The molecule has 2 N–H and O–H groups in total. The molecule has 1 aliphatic rings. The van der Waals surface area contributed by atoms with Crippen molar-refractivity contribution in [3.05, 3.63) is 57.9 Å². The monoisotopic (exact) mass is 524 g/mol. The van der Waals surface area contributed by atoms with E-state index in [9.17, 15) is 18.4 Å². The lowest BCUT2D eigenvalue weighted by Crippen LogP contribution is -2.39. The molecule has 192 valence electrons. The average molecular weight is 525 g/mol. The summed E-state index contributed by atoms with van der Waals surface area (Å²) in [6.07, 6.45) is 0.155. The number of anilines is 1. The Bertz CT molecular complexity index is 1500. The molecule has 0 spiro atoms. The molecule has 6 nitrogen and oxygen atoms in total. The zero-order chi connectivity index (χ0) is 26.2. The summed E-state index contributed by atoms with van der Waals surface area (Å²) in [5, 5.41) is 14.4. The quantitative estimate of drug-likeness (QED) is 0.298. The van der Waals surface area contributed by atoms with Gasteiger partial charge in [-0.25, -0.2) is 9.97 Å². The smallest absolute Gasteiger partial charge is 0.367 e. The Labute approximate surface area is 216 Å². The maximum atomic E-state index is 13.0. The Hall–Kier alpha value is -3.42. The first kappa shape index (κ1) is 25.2. The number of H-pyrrole nitrogens is 1. The molecule has 3 aromatic heterocycles. The predicted octanol–water partition coefficient (Wildman–Crippen LogP) is 6.57. The number of allylic oxidation sites excluding steroid dienone is 1. The maximum absolute atomic E-state index is 13.0. The van der Waals surface area contributed by atoms with E-state index in [-0.39, 0.29) is 10.9 Å². The number of aromatic amines is 1. The van der Waals surface area contributed by atoms with Crippen LogP contribution in [0.4, 0.5) is 19.0 Å². The third-order valence-electron chi connectivity index (χ3n) is 6.78. The van der Waals surface area contributed by atoms with Crippen LogP contribution in [0.15, 0.2) is 30.3 Å². The number of benzene rings is 1. The van der Waals surface area contributed by atoms with Gasteiger partial charge in [-0.15, -0.1) is 11.3 Å². The molecule has 0 aliphatic carbocycles. The lowest BCUT2D eigenvalue weighted by molar-refractivity contribution is -0.126. The van der Waals surface area contributed by atoms with Crippen LogP contribution in [-0.2, 0) is 13.0 Å². The van der Waals surface area contributed by atoms with E-state index >= 15 is 0 Å².